The van der Waals surface area contributed by atoms with E-state index in [2.05, 4.69) is 24.5 Å². The van der Waals surface area contributed by atoms with Crippen molar-refractivity contribution in [1.82, 2.24) is 9.47 Å². The molecule has 166 valence electrons. The Bertz CT molecular complexity index is 983. The van der Waals surface area contributed by atoms with E-state index in [0.29, 0.717) is 23.7 Å². The fourth-order valence-electron chi connectivity index (χ4n) is 7.89. The minimum absolute atomic E-state index is 0.0129. The summed E-state index contributed by atoms with van der Waals surface area (Å²) in [5.74, 6) is 1.77. The molecular weight excluding hydrogens is 388 g/mol. The van der Waals surface area contributed by atoms with Gasteiger partial charge in [0.2, 0.25) is 0 Å². The fraction of sp³-hybridized carbons (Fsp3) is 0.692. The highest BCUT2D eigenvalue weighted by Crippen LogP contribution is 2.57. The van der Waals surface area contributed by atoms with Crippen molar-refractivity contribution in [1.29, 1.82) is 0 Å². The molecule has 1 aromatic rings. The van der Waals surface area contributed by atoms with Crippen molar-refractivity contribution in [2.45, 2.75) is 64.0 Å². The van der Waals surface area contributed by atoms with Gasteiger partial charge in [-0.15, -0.1) is 0 Å². The number of carbonyl (C=O) groups is 1. The van der Waals surface area contributed by atoms with Crippen LogP contribution in [0.15, 0.2) is 35.1 Å². The normalized spacial score (nSPS) is 41.8. The van der Waals surface area contributed by atoms with Crippen molar-refractivity contribution < 1.29 is 9.53 Å². The summed E-state index contributed by atoms with van der Waals surface area (Å²) in [6, 6.07) is 5.68. The molecule has 6 rings (SSSR count). The van der Waals surface area contributed by atoms with E-state index < -0.39 is 0 Å². The lowest BCUT2D eigenvalue weighted by atomic mass is 9.55. The summed E-state index contributed by atoms with van der Waals surface area (Å²) >= 11 is 0. The molecule has 0 N–H and O–H groups in total. The molecule has 0 aromatic carbocycles. The standard InChI is InChI=1S/C26H34N2O3/c1-16-5-4-8-26(2)11-23-19(10-21(16)26)20(25(30)31-23)15-27-12-17-9-18(14-27)22-6-3-7-24(29)28(22)13-17/h3,6-7,17-21,23H,1,4-5,8-15H2,2H3/t17-,18+,19+,20+,21-,23-,26+/m1/s1. The number of aromatic nitrogens is 1. The summed E-state index contributed by atoms with van der Waals surface area (Å²) < 4.78 is 7.97. The van der Waals surface area contributed by atoms with Crippen molar-refractivity contribution in [3.63, 3.8) is 0 Å². The summed E-state index contributed by atoms with van der Waals surface area (Å²) in [5.41, 5.74) is 2.96. The van der Waals surface area contributed by atoms with Gasteiger partial charge in [-0.1, -0.05) is 25.1 Å². The molecule has 31 heavy (non-hydrogen) atoms. The SMILES string of the molecule is C=C1CCC[C@@]2(C)C[C@H]3OC(=O)[C@@H](CN4C[C@H]5C[C@@H](C4)c4cccc(=O)n4C5)[C@@H]3C[C@H]12. The molecule has 0 amide bonds. The number of hydrogen-bond donors (Lipinski definition) is 0. The molecule has 5 heteroatoms. The number of hydrogen-bond acceptors (Lipinski definition) is 4. The van der Waals surface area contributed by atoms with Gasteiger partial charge in [-0.25, -0.2) is 0 Å². The molecule has 5 aliphatic rings. The first-order valence-electron chi connectivity index (χ1n) is 12.2. The van der Waals surface area contributed by atoms with Crippen LogP contribution in [0.25, 0.3) is 0 Å². The molecule has 2 aliphatic carbocycles. The predicted molar refractivity (Wildman–Crippen MR) is 119 cm³/mol. The molecule has 3 aliphatic heterocycles. The Morgan fingerprint density at radius 1 is 1.19 bits per heavy atom. The Kier molecular flexibility index (Phi) is 4.51. The Morgan fingerprint density at radius 2 is 2.06 bits per heavy atom. The lowest BCUT2D eigenvalue weighted by Gasteiger charge is -2.50. The third-order valence-electron chi connectivity index (χ3n) is 9.33. The predicted octanol–water partition coefficient (Wildman–Crippen LogP) is 3.58. The number of pyridine rings is 1. The van der Waals surface area contributed by atoms with Gasteiger partial charge in [-0.05, 0) is 61.8 Å². The van der Waals surface area contributed by atoms with Crippen molar-refractivity contribution in [3.05, 3.63) is 46.4 Å². The van der Waals surface area contributed by atoms with Crippen LogP contribution < -0.4 is 5.56 Å². The highest BCUT2D eigenvalue weighted by molar-refractivity contribution is 5.75. The van der Waals surface area contributed by atoms with E-state index in [-0.39, 0.29) is 29.0 Å². The lowest BCUT2D eigenvalue weighted by molar-refractivity contribution is -0.146. The van der Waals surface area contributed by atoms with E-state index in [0.717, 1.165) is 51.9 Å². The molecule has 1 aromatic heterocycles. The maximum atomic E-state index is 13.0. The minimum atomic E-state index is -0.0129. The van der Waals surface area contributed by atoms with Gasteiger partial charge in [-0.3, -0.25) is 9.59 Å². The van der Waals surface area contributed by atoms with Crippen LogP contribution in [-0.2, 0) is 16.1 Å². The fourth-order valence-corrected chi connectivity index (χ4v) is 7.89. The molecule has 0 spiro atoms. The third-order valence-corrected chi connectivity index (χ3v) is 9.33. The average molecular weight is 423 g/mol. The van der Waals surface area contributed by atoms with Crippen LogP contribution in [0.5, 0.6) is 0 Å². The number of rotatable bonds is 2. The highest BCUT2D eigenvalue weighted by Gasteiger charge is 2.55. The molecular formula is C26H34N2O3. The van der Waals surface area contributed by atoms with E-state index in [1.807, 2.05) is 10.6 Å². The van der Waals surface area contributed by atoms with Gasteiger partial charge in [0.25, 0.3) is 5.56 Å². The highest BCUT2D eigenvalue weighted by atomic mass is 16.6. The molecule has 4 heterocycles. The second kappa shape index (κ2) is 7.06. The molecule has 7 atom stereocenters. The zero-order valence-electron chi connectivity index (χ0n) is 18.6. The van der Waals surface area contributed by atoms with Gasteiger partial charge in [0.15, 0.2) is 0 Å². The lowest BCUT2D eigenvalue weighted by Crippen LogP contribution is -2.50. The summed E-state index contributed by atoms with van der Waals surface area (Å²) in [6.07, 6.45) is 6.92. The first-order chi connectivity index (χ1) is 14.9. The number of nitrogens with zero attached hydrogens (tertiary/aromatic N) is 2. The van der Waals surface area contributed by atoms with Gasteiger partial charge < -0.3 is 14.2 Å². The van der Waals surface area contributed by atoms with E-state index >= 15 is 0 Å². The monoisotopic (exact) mass is 422 g/mol. The first-order valence-corrected chi connectivity index (χ1v) is 12.2. The van der Waals surface area contributed by atoms with E-state index in [1.165, 1.54) is 24.1 Å². The van der Waals surface area contributed by atoms with Crippen molar-refractivity contribution >= 4 is 5.97 Å². The molecule has 2 saturated heterocycles. The van der Waals surface area contributed by atoms with Crippen molar-refractivity contribution in [2.24, 2.45) is 29.1 Å². The second-order valence-corrected chi connectivity index (χ2v) is 11.3. The Balaban J connectivity index is 1.20. The van der Waals surface area contributed by atoms with Crippen LogP contribution in [0.1, 0.15) is 57.1 Å². The van der Waals surface area contributed by atoms with Gasteiger partial charge in [0, 0.05) is 49.8 Å². The molecule has 2 saturated carbocycles. The Labute approximate surface area is 184 Å². The Hall–Kier alpha value is -1.88. The number of carbonyl (C=O) groups excluding carboxylic acids is 1. The molecule has 0 radical (unpaired) electrons. The van der Waals surface area contributed by atoms with Gasteiger partial charge >= 0.3 is 5.97 Å². The van der Waals surface area contributed by atoms with Gasteiger partial charge in [0.1, 0.15) is 6.10 Å². The van der Waals surface area contributed by atoms with Crippen LogP contribution in [0.3, 0.4) is 0 Å². The zero-order chi connectivity index (χ0) is 21.3. The summed E-state index contributed by atoms with van der Waals surface area (Å²) in [6.45, 7) is 10.3. The van der Waals surface area contributed by atoms with Crippen LogP contribution in [0.4, 0.5) is 0 Å². The average Bonchev–Trinajstić information content (AvgIpc) is 3.01. The van der Waals surface area contributed by atoms with E-state index in [4.69, 9.17) is 4.74 Å². The van der Waals surface area contributed by atoms with Crippen LogP contribution >= 0.6 is 0 Å². The van der Waals surface area contributed by atoms with E-state index in [9.17, 15) is 9.59 Å². The molecule has 0 unspecified atom stereocenters. The number of allylic oxidation sites excluding steroid dienone is 1. The number of fused-ring (bicyclic) bond motifs is 6. The summed E-state index contributed by atoms with van der Waals surface area (Å²) in [4.78, 5) is 27.8. The second-order valence-electron chi connectivity index (χ2n) is 11.3. The topological polar surface area (TPSA) is 51.5 Å². The molecule has 4 fully saturated rings. The third kappa shape index (κ3) is 3.14. The van der Waals surface area contributed by atoms with Crippen LogP contribution in [-0.4, -0.2) is 41.2 Å². The first kappa shape index (κ1) is 19.8. The Morgan fingerprint density at radius 3 is 2.94 bits per heavy atom. The number of ether oxygens (including phenoxy) is 1. The van der Waals surface area contributed by atoms with Gasteiger partial charge in [-0.2, -0.15) is 0 Å². The quantitative estimate of drug-likeness (QED) is 0.540. The van der Waals surface area contributed by atoms with Crippen LogP contribution in [0.2, 0.25) is 0 Å². The molecule has 5 nitrogen and oxygen atoms in total. The smallest absolute Gasteiger partial charge is 0.310 e. The van der Waals surface area contributed by atoms with Crippen molar-refractivity contribution in [2.75, 3.05) is 19.6 Å². The number of esters is 1. The van der Waals surface area contributed by atoms with Crippen LogP contribution in [0, 0.1) is 29.1 Å². The van der Waals surface area contributed by atoms with Gasteiger partial charge in [0.05, 0.1) is 5.92 Å². The minimum Gasteiger partial charge on any atom is -0.462 e. The largest absolute Gasteiger partial charge is 0.462 e. The van der Waals surface area contributed by atoms with Crippen molar-refractivity contribution in [3.8, 4) is 0 Å². The summed E-state index contributed by atoms with van der Waals surface area (Å²) in [7, 11) is 0. The molecule has 2 bridgehead atoms. The number of likely N-dealkylation sites (tertiary alicyclic amines) is 1. The maximum Gasteiger partial charge on any atom is 0.310 e. The summed E-state index contributed by atoms with van der Waals surface area (Å²) in [5, 5.41) is 0. The van der Waals surface area contributed by atoms with E-state index in [1.54, 1.807) is 6.07 Å². The zero-order valence-corrected chi connectivity index (χ0v) is 18.6. The number of piperidine rings is 1. The maximum absolute atomic E-state index is 13.0.